The van der Waals surface area contributed by atoms with E-state index in [0.717, 1.165) is 25.2 Å². The zero-order chi connectivity index (χ0) is 14.2. The first kappa shape index (κ1) is 15.0. The fourth-order valence-electron chi connectivity index (χ4n) is 2.05. The Labute approximate surface area is 118 Å². The van der Waals surface area contributed by atoms with Crippen molar-refractivity contribution in [3.05, 3.63) is 35.1 Å². The molecule has 1 fully saturated rings. The SMILES string of the molecule is OCCC#Cc1cc(F)ccc1COCC1CCOC1. The van der Waals surface area contributed by atoms with Crippen LogP contribution in [0.5, 0.6) is 0 Å². The van der Waals surface area contributed by atoms with Gasteiger partial charge < -0.3 is 14.6 Å². The maximum absolute atomic E-state index is 13.2. The van der Waals surface area contributed by atoms with Gasteiger partial charge in [-0.25, -0.2) is 4.39 Å². The van der Waals surface area contributed by atoms with Gasteiger partial charge in [0.1, 0.15) is 5.82 Å². The predicted octanol–water partition coefficient (Wildman–Crippen LogP) is 2.11. The third kappa shape index (κ3) is 4.61. The second-order valence-corrected chi connectivity index (χ2v) is 4.82. The van der Waals surface area contributed by atoms with Crippen molar-refractivity contribution >= 4 is 0 Å². The number of ether oxygens (including phenoxy) is 2. The van der Waals surface area contributed by atoms with Gasteiger partial charge in [0, 0.05) is 24.5 Å². The van der Waals surface area contributed by atoms with Crippen molar-refractivity contribution in [2.45, 2.75) is 19.4 Å². The monoisotopic (exact) mass is 278 g/mol. The average molecular weight is 278 g/mol. The first-order valence-corrected chi connectivity index (χ1v) is 6.83. The standard InChI is InChI=1S/C16H19FO3/c17-16-5-4-15(14(9-16)3-1-2-7-18)12-20-11-13-6-8-19-10-13/h4-5,9,13,18H,2,6-8,10-12H2. The van der Waals surface area contributed by atoms with Gasteiger partial charge >= 0.3 is 0 Å². The zero-order valence-corrected chi connectivity index (χ0v) is 11.4. The van der Waals surface area contributed by atoms with Gasteiger partial charge in [0.2, 0.25) is 0 Å². The molecular formula is C16H19FO3. The van der Waals surface area contributed by atoms with Crippen molar-refractivity contribution in [3.8, 4) is 11.8 Å². The molecule has 4 heteroatoms. The normalized spacial score (nSPS) is 17.8. The summed E-state index contributed by atoms with van der Waals surface area (Å²) in [6, 6.07) is 4.51. The molecule has 1 unspecified atom stereocenters. The first-order valence-electron chi connectivity index (χ1n) is 6.83. The molecule has 20 heavy (non-hydrogen) atoms. The highest BCUT2D eigenvalue weighted by atomic mass is 19.1. The van der Waals surface area contributed by atoms with Crippen LogP contribution in [0.4, 0.5) is 4.39 Å². The van der Waals surface area contributed by atoms with Crippen LogP contribution < -0.4 is 0 Å². The van der Waals surface area contributed by atoms with E-state index in [2.05, 4.69) is 11.8 Å². The summed E-state index contributed by atoms with van der Waals surface area (Å²) in [7, 11) is 0. The number of rotatable bonds is 5. The molecule has 1 aliphatic heterocycles. The van der Waals surface area contributed by atoms with Gasteiger partial charge in [-0.1, -0.05) is 17.9 Å². The number of halogens is 1. The second-order valence-electron chi connectivity index (χ2n) is 4.82. The molecule has 0 radical (unpaired) electrons. The third-order valence-corrected chi connectivity index (χ3v) is 3.17. The Balaban J connectivity index is 1.93. The summed E-state index contributed by atoms with van der Waals surface area (Å²) in [5, 5.41) is 8.72. The van der Waals surface area contributed by atoms with Gasteiger partial charge in [-0.2, -0.15) is 0 Å². The van der Waals surface area contributed by atoms with Gasteiger partial charge in [0.25, 0.3) is 0 Å². The summed E-state index contributed by atoms with van der Waals surface area (Å²) in [5.74, 6) is 5.83. The predicted molar refractivity (Wildman–Crippen MR) is 73.6 cm³/mol. The molecule has 1 aromatic carbocycles. The molecular weight excluding hydrogens is 259 g/mol. The highest BCUT2D eigenvalue weighted by Gasteiger charge is 2.15. The molecule has 0 aromatic heterocycles. The lowest BCUT2D eigenvalue weighted by molar-refractivity contribution is 0.0790. The summed E-state index contributed by atoms with van der Waals surface area (Å²) >= 11 is 0. The van der Waals surface area contributed by atoms with E-state index in [-0.39, 0.29) is 12.4 Å². The minimum Gasteiger partial charge on any atom is -0.395 e. The van der Waals surface area contributed by atoms with Crippen LogP contribution >= 0.6 is 0 Å². The van der Waals surface area contributed by atoms with E-state index >= 15 is 0 Å². The van der Waals surface area contributed by atoms with Crippen LogP contribution in [-0.4, -0.2) is 31.5 Å². The van der Waals surface area contributed by atoms with Gasteiger partial charge in [-0.05, 0) is 24.1 Å². The molecule has 1 heterocycles. The Kier molecular flexibility index (Phi) is 6.00. The molecule has 1 aliphatic rings. The second kappa shape index (κ2) is 8.01. The van der Waals surface area contributed by atoms with Crippen LogP contribution in [0.25, 0.3) is 0 Å². The number of hydrogen-bond donors (Lipinski definition) is 1. The summed E-state index contributed by atoms with van der Waals surface area (Å²) in [5.41, 5.74) is 1.50. The van der Waals surface area contributed by atoms with E-state index in [1.165, 1.54) is 12.1 Å². The number of aliphatic hydroxyl groups excluding tert-OH is 1. The zero-order valence-electron chi connectivity index (χ0n) is 11.4. The van der Waals surface area contributed by atoms with Crippen LogP contribution in [-0.2, 0) is 16.1 Å². The number of hydrogen-bond acceptors (Lipinski definition) is 3. The van der Waals surface area contributed by atoms with Crippen molar-refractivity contribution < 1.29 is 19.0 Å². The molecule has 1 aromatic rings. The lowest BCUT2D eigenvalue weighted by Gasteiger charge is -2.10. The fraction of sp³-hybridized carbons (Fsp3) is 0.500. The number of aliphatic hydroxyl groups is 1. The highest BCUT2D eigenvalue weighted by molar-refractivity contribution is 5.41. The Morgan fingerprint density at radius 1 is 1.45 bits per heavy atom. The Hall–Kier alpha value is -1.41. The molecule has 1 saturated heterocycles. The molecule has 2 rings (SSSR count). The smallest absolute Gasteiger partial charge is 0.124 e. The fourth-order valence-corrected chi connectivity index (χ4v) is 2.05. The first-order chi connectivity index (χ1) is 9.79. The highest BCUT2D eigenvalue weighted by Crippen LogP contribution is 2.15. The third-order valence-electron chi connectivity index (χ3n) is 3.17. The van der Waals surface area contributed by atoms with Crippen molar-refractivity contribution in [2.75, 3.05) is 26.4 Å². The van der Waals surface area contributed by atoms with Gasteiger partial charge in [-0.15, -0.1) is 0 Å². The van der Waals surface area contributed by atoms with Crippen molar-refractivity contribution in [1.82, 2.24) is 0 Å². The van der Waals surface area contributed by atoms with Crippen LogP contribution in [0.3, 0.4) is 0 Å². The molecule has 0 aliphatic carbocycles. The molecule has 3 nitrogen and oxygen atoms in total. The average Bonchev–Trinajstić information content (AvgIpc) is 2.95. The van der Waals surface area contributed by atoms with E-state index < -0.39 is 0 Å². The van der Waals surface area contributed by atoms with Gasteiger partial charge in [0.15, 0.2) is 0 Å². The summed E-state index contributed by atoms with van der Waals surface area (Å²) in [6.45, 7) is 2.64. The largest absolute Gasteiger partial charge is 0.395 e. The van der Waals surface area contributed by atoms with E-state index in [9.17, 15) is 4.39 Å². The Morgan fingerprint density at radius 3 is 3.10 bits per heavy atom. The van der Waals surface area contributed by atoms with E-state index in [1.54, 1.807) is 6.07 Å². The van der Waals surface area contributed by atoms with E-state index in [0.29, 0.717) is 31.1 Å². The Morgan fingerprint density at radius 2 is 2.35 bits per heavy atom. The van der Waals surface area contributed by atoms with Crippen LogP contribution in [0.15, 0.2) is 18.2 Å². The molecule has 0 spiro atoms. The molecule has 0 saturated carbocycles. The summed E-state index contributed by atoms with van der Waals surface area (Å²) < 4.78 is 24.2. The molecule has 108 valence electrons. The molecule has 1 atom stereocenters. The molecule has 0 amide bonds. The van der Waals surface area contributed by atoms with Gasteiger partial charge in [0.05, 0.1) is 26.4 Å². The van der Waals surface area contributed by atoms with Crippen molar-refractivity contribution in [2.24, 2.45) is 5.92 Å². The maximum Gasteiger partial charge on any atom is 0.124 e. The minimum absolute atomic E-state index is 0.00975. The lowest BCUT2D eigenvalue weighted by Crippen LogP contribution is -2.09. The maximum atomic E-state index is 13.2. The van der Waals surface area contributed by atoms with E-state index in [4.69, 9.17) is 14.6 Å². The Bertz CT molecular complexity index is 484. The summed E-state index contributed by atoms with van der Waals surface area (Å²) in [4.78, 5) is 0. The van der Waals surface area contributed by atoms with Crippen LogP contribution in [0.1, 0.15) is 24.0 Å². The quantitative estimate of drug-likeness (QED) is 0.838. The van der Waals surface area contributed by atoms with Crippen molar-refractivity contribution in [3.63, 3.8) is 0 Å². The van der Waals surface area contributed by atoms with Crippen LogP contribution in [0, 0.1) is 23.6 Å². The summed E-state index contributed by atoms with van der Waals surface area (Å²) in [6.07, 6.45) is 1.42. The lowest BCUT2D eigenvalue weighted by atomic mass is 10.1. The minimum atomic E-state index is -0.314. The number of benzene rings is 1. The van der Waals surface area contributed by atoms with E-state index in [1.807, 2.05) is 0 Å². The van der Waals surface area contributed by atoms with Crippen LogP contribution in [0.2, 0.25) is 0 Å². The molecule has 1 N–H and O–H groups in total. The van der Waals surface area contributed by atoms with Crippen molar-refractivity contribution in [1.29, 1.82) is 0 Å². The topological polar surface area (TPSA) is 38.7 Å². The molecule has 0 bridgehead atoms. The van der Waals surface area contributed by atoms with Gasteiger partial charge in [-0.3, -0.25) is 0 Å².